The lowest BCUT2D eigenvalue weighted by Gasteiger charge is -2.39. The van der Waals surface area contributed by atoms with Crippen LogP contribution in [0.3, 0.4) is 0 Å². The van der Waals surface area contributed by atoms with Gasteiger partial charge in [0.1, 0.15) is 0 Å². The van der Waals surface area contributed by atoms with Crippen molar-refractivity contribution in [2.24, 2.45) is 0 Å². The number of hydrogen-bond acceptors (Lipinski definition) is 3. The minimum Gasteiger partial charge on any atom is -0.512 e. The molecule has 0 heterocycles. The van der Waals surface area contributed by atoms with Crippen LogP contribution in [-0.4, -0.2) is 34.7 Å². The van der Waals surface area contributed by atoms with E-state index in [0.717, 1.165) is 17.4 Å². The lowest BCUT2D eigenvalue weighted by Crippen LogP contribution is -2.69. The van der Waals surface area contributed by atoms with Crippen molar-refractivity contribution in [3.05, 3.63) is 46.7 Å². The first-order valence-corrected chi connectivity index (χ1v) is 7.09. The Morgan fingerprint density at radius 2 is 1.35 bits per heavy atom. The second-order valence-electron chi connectivity index (χ2n) is 5.58. The Balaban J connectivity index is 3.69. The van der Waals surface area contributed by atoms with E-state index in [9.17, 15) is 41.0 Å². The van der Waals surface area contributed by atoms with Crippen molar-refractivity contribution in [3.63, 3.8) is 0 Å². The molecule has 0 fully saturated rings. The van der Waals surface area contributed by atoms with E-state index in [1.807, 2.05) is 0 Å². The fourth-order valence-electron chi connectivity index (χ4n) is 2.39. The fourth-order valence-corrected chi connectivity index (χ4v) is 2.39. The third-order valence-electron chi connectivity index (χ3n) is 3.55. The molecule has 0 aliphatic carbocycles. The highest BCUT2D eigenvalue weighted by molar-refractivity contribution is 6.00. The third-order valence-corrected chi connectivity index (χ3v) is 3.55. The van der Waals surface area contributed by atoms with Crippen LogP contribution < -0.4 is 5.32 Å². The molecule has 0 aromatic heterocycles. The number of halogens is 6. The lowest BCUT2D eigenvalue weighted by molar-refractivity contribution is -0.290. The zero-order chi connectivity index (χ0) is 20.5. The van der Waals surface area contributed by atoms with Crippen LogP contribution in [0, 0.1) is 6.92 Å². The summed E-state index contributed by atoms with van der Waals surface area (Å²) in [6, 6.07) is 4.70. The van der Waals surface area contributed by atoms with Crippen molar-refractivity contribution in [1.82, 2.24) is 5.32 Å². The normalized spacial score (nSPS) is 13.9. The van der Waals surface area contributed by atoms with Gasteiger partial charge in [-0.1, -0.05) is 17.7 Å². The summed E-state index contributed by atoms with van der Waals surface area (Å²) >= 11 is 0. The number of ketones is 1. The number of hydrogen-bond donors (Lipinski definition) is 2. The highest BCUT2D eigenvalue weighted by Crippen LogP contribution is 2.48. The summed E-state index contributed by atoms with van der Waals surface area (Å²) in [6.45, 7) is 2.53. The Morgan fingerprint density at radius 3 is 1.65 bits per heavy atom. The average Bonchev–Trinajstić information content (AvgIpc) is 2.43. The number of nitrogens with one attached hydrogen (secondary N) is 1. The molecule has 0 bridgehead atoms. The van der Waals surface area contributed by atoms with E-state index in [-0.39, 0.29) is 0 Å². The van der Waals surface area contributed by atoms with Crippen molar-refractivity contribution in [2.75, 3.05) is 0 Å². The average molecular weight is 383 g/mol. The molecule has 1 aromatic rings. The highest BCUT2D eigenvalue weighted by Gasteiger charge is 2.75. The molecular weight excluding hydrogens is 368 g/mol. The number of aliphatic hydroxyl groups is 1. The van der Waals surface area contributed by atoms with Crippen LogP contribution in [0.1, 0.15) is 29.8 Å². The van der Waals surface area contributed by atoms with Gasteiger partial charge < -0.3 is 10.4 Å². The van der Waals surface area contributed by atoms with Gasteiger partial charge in [-0.05, 0) is 32.9 Å². The fraction of sp³-hybridized carbons (Fsp3) is 0.375. The summed E-state index contributed by atoms with van der Waals surface area (Å²) in [4.78, 5) is 23.6. The standard InChI is InChI=1S/C16H15F6NO3/c1-8-4-6-11(7-5-8)13(26)23-14(15(17,18)19,16(20,21)22)12(9(2)24)10(3)25/h4-7,24H,1-3H3,(H,23,26)/b12-9-. The van der Waals surface area contributed by atoms with Gasteiger partial charge in [0.2, 0.25) is 0 Å². The first-order valence-electron chi connectivity index (χ1n) is 7.09. The first-order chi connectivity index (χ1) is 11.6. The van der Waals surface area contributed by atoms with Gasteiger partial charge in [0.15, 0.2) is 5.78 Å². The molecule has 0 unspecified atom stereocenters. The summed E-state index contributed by atoms with van der Waals surface area (Å²) in [6.07, 6.45) is -12.3. The summed E-state index contributed by atoms with van der Waals surface area (Å²) in [5.41, 5.74) is -6.92. The number of amides is 1. The molecule has 0 aliphatic rings. The second kappa shape index (κ2) is 7.00. The van der Waals surface area contributed by atoms with E-state index in [1.165, 1.54) is 12.1 Å². The number of carbonyl (C=O) groups is 2. The van der Waals surface area contributed by atoms with Crippen molar-refractivity contribution >= 4 is 11.7 Å². The van der Waals surface area contributed by atoms with Crippen molar-refractivity contribution in [1.29, 1.82) is 0 Å². The summed E-state index contributed by atoms with van der Waals surface area (Å²) in [5, 5.41) is 10.3. The highest BCUT2D eigenvalue weighted by atomic mass is 19.4. The van der Waals surface area contributed by atoms with Crippen LogP contribution in [0.25, 0.3) is 0 Å². The Hall–Kier alpha value is -2.52. The van der Waals surface area contributed by atoms with E-state index >= 15 is 0 Å². The Morgan fingerprint density at radius 1 is 0.923 bits per heavy atom. The molecule has 0 spiro atoms. The van der Waals surface area contributed by atoms with Gasteiger partial charge in [-0.3, -0.25) is 9.59 Å². The van der Waals surface area contributed by atoms with E-state index < -0.39 is 46.5 Å². The minimum atomic E-state index is -6.16. The number of benzene rings is 1. The molecule has 2 N–H and O–H groups in total. The molecule has 1 aromatic carbocycles. The van der Waals surface area contributed by atoms with Gasteiger partial charge >= 0.3 is 12.4 Å². The largest absolute Gasteiger partial charge is 0.512 e. The monoisotopic (exact) mass is 383 g/mol. The number of aliphatic hydroxyl groups excluding tert-OH is 1. The van der Waals surface area contributed by atoms with Gasteiger partial charge in [-0.2, -0.15) is 26.3 Å². The molecule has 1 rings (SSSR count). The molecule has 0 radical (unpaired) electrons. The number of carbonyl (C=O) groups excluding carboxylic acids is 2. The lowest BCUT2D eigenvalue weighted by atomic mass is 9.84. The Kier molecular flexibility index (Phi) is 5.80. The number of aryl methyl sites for hydroxylation is 1. The smallest absolute Gasteiger partial charge is 0.425 e. The van der Waals surface area contributed by atoms with Crippen LogP contribution in [0.5, 0.6) is 0 Å². The molecule has 0 atom stereocenters. The maximum absolute atomic E-state index is 13.5. The Bertz CT molecular complexity index is 714. The zero-order valence-corrected chi connectivity index (χ0v) is 13.8. The molecule has 0 saturated heterocycles. The molecule has 0 aliphatic heterocycles. The van der Waals surface area contributed by atoms with Gasteiger partial charge in [0.05, 0.1) is 11.3 Å². The van der Waals surface area contributed by atoms with Gasteiger partial charge in [0, 0.05) is 5.56 Å². The number of allylic oxidation sites excluding steroid dienone is 1. The maximum atomic E-state index is 13.5. The summed E-state index contributed by atoms with van der Waals surface area (Å²) < 4.78 is 81.3. The number of alkyl halides is 6. The van der Waals surface area contributed by atoms with Crippen LogP contribution in [0.2, 0.25) is 0 Å². The quantitative estimate of drug-likeness (QED) is 0.469. The van der Waals surface area contributed by atoms with Gasteiger partial charge in [0.25, 0.3) is 11.4 Å². The van der Waals surface area contributed by atoms with Gasteiger partial charge in [-0.25, -0.2) is 0 Å². The number of rotatable bonds is 4. The van der Waals surface area contributed by atoms with E-state index in [0.29, 0.717) is 19.4 Å². The van der Waals surface area contributed by atoms with Crippen LogP contribution in [0.4, 0.5) is 26.3 Å². The predicted molar refractivity (Wildman–Crippen MR) is 79.5 cm³/mol. The van der Waals surface area contributed by atoms with Crippen molar-refractivity contribution < 1.29 is 41.0 Å². The number of Topliss-reactive ketones (excluding diaryl/α,β-unsaturated/α-hetero) is 1. The first kappa shape index (κ1) is 21.5. The maximum Gasteiger partial charge on any atom is 0.425 e. The third kappa shape index (κ3) is 3.83. The predicted octanol–water partition coefficient (Wildman–Crippen LogP) is 4.01. The van der Waals surface area contributed by atoms with E-state index in [1.54, 1.807) is 6.92 Å². The topological polar surface area (TPSA) is 66.4 Å². The minimum absolute atomic E-state index is 0.430. The molecule has 4 nitrogen and oxygen atoms in total. The van der Waals surface area contributed by atoms with E-state index in [4.69, 9.17) is 0 Å². The zero-order valence-electron chi connectivity index (χ0n) is 13.8. The van der Waals surface area contributed by atoms with Crippen molar-refractivity contribution in [2.45, 2.75) is 38.7 Å². The Labute approximate surface area is 144 Å². The SMILES string of the molecule is CC(=O)/C(=C(\C)O)C(NC(=O)c1ccc(C)cc1)(C(F)(F)F)C(F)(F)F. The molecule has 0 saturated carbocycles. The molecule has 26 heavy (non-hydrogen) atoms. The van der Waals surface area contributed by atoms with Crippen molar-refractivity contribution in [3.8, 4) is 0 Å². The van der Waals surface area contributed by atoms with Crippen LogP contribution in [0.15, 0.2) is 35.6 Å². The van der Waals surface area contributed by atoms with Crippen LogP contribution in [-0.2, 0) is 4.79 Å². The summed E-state index contributed by atoms with van der Waals surface area (Å²) in [7, 11) is 0. The second-order valence-corrected chi connectivity index (χ2v) is 5.58. The summed E-state index contributed by atoms with van der Waals surface area (Å²) in [5.74, 6) is -4.90. The van der Waals surface area contributed by atoms with Gasteiger partial charge in [-0.15, -0.1) is 0 Å². The molecule has 10 heteroatoms. The van der Waals surface area contributed by atoms with E-state index in [2.05, 4.69) is 0 Å². The molecular formula is C16H15F6NO3. The van der Waals surface area contributed by atoms with Crippen LogP contribution >= 0.6 is 0 Å². The molecule has 144 valence electrons. The molecule has 1 amide bonds.